The molecule has 1 heterocycles. The molecule has 4 nitrogen and oxygen atoms in total. The summed E-state index contributed by atoms with van der Waals surface area (Å²) in [5.74, 6) is 1.10. The van der Waals surface area contributed by atoms with E-state index in [4.69, 9.17) is 11.6 Å². The van der Waals surface area contributed by atoms with Crippen molar-refractivity contribution >= 4 is 29.1 Å². The molecule has 0 saturated heterocycles. The first-order valence-corrected chi connectivity index (χ1v) is 9.79. The van der Waals surface area contributed by atoms with Gasteiger partial charge in [-0.15, -0.1) is 0 Å². The quantitative estimate of drug-likeness (QED) is 0.841. The van der Waals surface area contributed by atoms with Gasteiger partial charge < -0.3 is 5.32 Å². The van der Waals surface area contributed by atoms with Crippen molar-refractivity contribution in [3.8, 4) is 0 Å². The first-order valence-electron chi connectivity index (χ1n) is 8.36. The number of nitrogens with one attached hydrogen (secondary N) is 1. The lowest BCUT2D eigenvalue weighted by atomic mass is 10.2. The summed E-state index contributed by atoms with van der Waals surface area (Å²) in [5, 5.41) is 8.56. The minimum atomic E-state index is -0.247. The molecule has 1 N–H and O–H groups in total. The van der Waals surface area contributed by atoms with Gasteiger partial charge in [0.2, 0.25) is 0 Å². The highest BCUT2D eigenvalue weighted by Crippen LogP contribution is 2.32. The van der Waals surface area contributed by atoms with Crippen LogP contribution in [0.5, 0.6) is 0 Å². The van der Waals surface area contributed by atoms with E-state index in [-0.39, 0.29) is 10.6 Å². The molecule has 0 aliphatic heterocycles. The number of benzene rings is 1. The molecule has 3 rings (SSSR count). The Morgan fingerprint density at radius 3 is 2.88 bits per heavy atom. The van der Waals surface area contributed by atoms with Crippen LogP contribution in [0.25, 0.3) is 0 Å². The van der Waals surface area contributed by atoms with Crippen LogP contribution in [0.15, 0.2) is 41.3 Å². The van der Waals surface area contributed by atoms with Crippen LogP contribution in [-0.4, -0.2) is 26.8 Å². The van der Waals surface area contributed by atoms with Gasteiger partial charge in [-0.3, -0.25) is 4.79 Å². The second-order valence-corrected chi connectivity index (χ2v) is 7.89. The highest BCUT2D eigenvalue weighted by atomic mass is 35.5. The molecule has 1 aromatic carbocycles. The molecular formula is C18H22ClN3OS. The number of aromatic nitrogens is 2. The van der Waals surface area contributed by atoms with E-state index < -0.39 is 0 Å². The molecule has 1 aliphatic carbocycles. The van der Waals surface area contributed by atoms with Crippen molar-refractivity contribution < 1.29 is 0 Å². The van der Waals surface area contributed by atoms with E-state index in [1.165, 1.54) is 17.5 Å². The minimum Gasteiger partial charge on any atom is -0.379 e. The zero-order valence-corrected chi connectivity index (χ0v) is 15.3. The van der Waals surface area contributed by atoms with Gasteiger partial charge in [0.25, 0.3) is 5.56 Å². The standard InChI is InChI=1S/C18H22ClN3OS/c1-2-24-16-10-6-9-14(16)21-15-11-20-22(18(23)17(15)19)12-13-7-4-3-5-8-13/h3-5,7-8,11,14,16,21H,2,6,9-10,12H2,1H3. The van der Waals surface area contributed by atoms with Gasteiger partial charge in [-0.2, -0.15) is 16.9 Å². The minimum absolute atomic E-state index is 0.230. The number of hydrogen-bond donors (Lipinski definition) is 1. The fraction of sp³-hybridized carbons (Fsp3) is 0.444. The van der Waals surface area contributed by atoms with Crippen molar-refractivity contribution in [2.75, 3.05) is 11.1 Å². The predicted octanol–water partition coefficient (Wildman–Crippen LogP) is 4.03. The summed E-state index contributed by atoms with van der Waals surface area (Å²) < 4.78 is 1.41. The maximum atomic E-state index is 12.5. The number of nitrogens with zero attached hydrogens (tertiary/aromatic N) is 2. The monoisotopic (exact) mass is 363 g/mol. The molecule has 128 valence electrons. The summed E-state index contributed by atoms with van der Waals surface area (Å²) in [6.45, 7) is 2.61. The zero-order valence-electron chi connectivity index (χ0n) is 13.7. The van der Waals surface area contributed by atoms with Gasteiger partial charge in [0.1, 0.15) is 5.02 Å². The Morgan fingerprint density at radius 2 is 2.12 bits per heavy atom. The lowest BCUT2D eigenvalue weighted by Crippen LogP contribution is -2.29. The molecule has 0 amide bonds. The molecule has 6 heteroatoms. The van der Waals surface area contributed by atoms with Crippen molar-refractivity contribution in [1.82, 2.24) is 9.78 Å². The summed E-state index contributed by atoms with van der Waals surface area (Å²) in [7, 11) is 0. The lowest BCUT2D eigenvalue weighted by molar-refractivity contribution is 0.638. The number of anilines is 1. The largest absolute Gasteiger partial charge is 0.379 e. The molecule has 1 saturated carbocycles. The first-order chi connectivity index (χ1) is 11.7. The van der Waals surface area contributed by atoms with Gasteiger partial charge in [0.15, 0.2) is 0 Å². The van der Waals surface area contributed by atoms with Crippen LogP contribution in [0.1, 0.15) is 31.7 Å². The average molecular weight is 364 g/mol. The highest BCUT2D eigenvalue weighted by molar-refractivity contribution is 7.99. The Balaban J connectivity index is 1.76. The molecule has 24 heavy (non-hydrogen) atoms. The van der Waals surface area contributed by atoms with Gasteiger partial charge in [-0.1, -0.05) is 55.3 Å². The van der Waals surface area contributed by atoms with Gasteiger partial charge in [-0.05, 0) is 24.2 Å². The van der Waals surface area contributed by atoms with Crippen LogP contribution < -0.4 is 10.9 Å². The Morgan fingerprint density at radius 1 is 1.33 bits per heavy atom. The lowest BCUT2D eigenvalue weighted by Gasteiger charge is -2.21. The van der Waals surface area contributed by atoms with E-state index in [0.717, 1.165) is 17.7 Å². The van der Waals surface area contributed by atoms with Gasteiger partial charge in [-0.25, -0.2) is 4.68 Å². The molecule has 0 radical (unpaired) electrons. The highest BCUT2D eigenvalue weighted by Gasteiger charge is 2.28. The van der Waals surface area contributed by atoms with Crippen molar-refractivity contribution in [3.05, 3.63) is 57.5 Å². The molecule has 1 aromatic heterocycles. The van der Waals surface area contributed by atoms with Crippen LogP contribution in [0, 0.1) is 0 Å². The van der Waals surface area contributed by atoms with Crippen LogP contribution in [0.2, 0.25) is 5.02 Å². The second-order valence-electron chi connectivity index (χ2n) is 6.00. The number of hydrogen-bond acceptors (Lipinski definition) is 4. The van der Waals surface area contributed by atoms with E-state index in [0.29, 0.717) is 23.5 Å². The van der Waals surface area contributed by atoms with Crippen molar-refractivity contribution in [2.45, 2.75) is 44.0 Å². The first kappa shape index (κ1) is 17.4. The van der Waals surface area contributed by atoms with E-state index >= 15 is 0 Å². The normalized spacial score (nSPS) is 20.2. The summed E-state index contributed by atoms with van der Waals surface area (Å²) in [4.78, 5) is 12.5. The summed E-state index contributed by atoms with van der Waals surface area (Å²) >= 11 is 8.30. The molecule has 2 aromatic rings. The average Bonchev–Trinajstić information content (AvgIpc) is 3.03. The fourth-order valence-electron chi connectivity index (χ4n) is 3.14. The topological polar surface area (TPSA) is 46.9 Å². The third kappa shape index (κ3) is 3.95. The van der Waals surface area contributed by atoms with Crippen molar-refractivity contribution in [1.29, 1.82) is 0 Å². The zero-order chi connectivity index (χ0) is 16.9. The molecule has 2 atom stereocenters. The van der Waals surface area contributed by atoms with Crippen LogP contribution >= 0.6 is 23.4 Å². The fourth-order valence-corrected chi connectivity index (χ4v) is 4.54. The Kier molecular flexibility index (Phi) is 5.85. The third-order valence-electron chi connectivity index (χ3n) is 4.33. The van der Waals surface area contributed by atoms with E-state index in [1.54, 1.807) is 6.20 Å². The van der Waals surface area contributed by atoms with E-state index in [1.807, 2.05) is 42.1 Å². The maximum absolute atomic E-state index is 12.5. The Bertz CT molecular complexity index is 735. The summed E-state index contributed by atoms with van der Waals surface area (Å²) in [5.41, 5.74) is 1.43. The molecule has 1 fully saturated rings. The summed E-state index contributed by atoms with van der Waals surface area (Å²) in [6.07, 6.45) is 5.22. The van der Waals surface area contributed by atoms with Crippen molar-refractivity contribution in [2.24, 2.45) is 0 Å². The number of rotatable bonds is 6. The second kappa shape index (κ2) is 8.08. The van der Waals surface area contributed by atoms with Gasteiger partial charge in [0.05, 0.1) is 18.4 Å². The summed E-state index contributed by atoms with van der Waals surface area (Å²) in [6, 6.07) is 10.1. The van der Waals surface area contributed by atoms with Gasteiger partial charge >= 0.3 is 0 Å². The van der Waals surface area contributed by atoms with Crippen LogP contribution in [0.3, 0.4) is 0 Å². The predicted molar refractivity (Wildman–Crippen MR) is 102 cm³/mol. The Labute approximate surface area is 151 Å². The number of halogens is 1. The number of thioether (sulfide) groups is 1. The maximum Gasteiger partial charge on any atom is 0.287 e. The van der Waals surface area contributed by atoms with E-state index in [9.17, 15) is 4.79 Å². The van der Waals surface area contributed by atoms with Crippen LogP contribution in [-0.2, 0) is 6.54 Å². The van der Waals surface area contributed by atoms with Crippen LogP contribution in [0.4, 0.5) is 5.69 Å². The molecule has 2 unspecified atom stereocenters. The SMILES string of the molecule is CCSC1CCCC1Nc1cnn(Cc2ccccc2)c(=O)c1Cl. The Hall–Kier alpha value is -1.46. The van der Waals surface area contributed by atoms with E-state index in [2.05, 4.69) is 17.3 Å². The smallest absolute Gasteiger partial charge is 0.287 e. The molecular weight excluding hydrogens is 342 g/mol. The van der Waals surface area contributed by atoms with Gasteiger partial charge in [0, 0.05) is 11.3 Å². The molecule has 0 bridgehead atoms. The molecule has 1 aliphatic rings. The molecule has 0 spiro atoms. The third-order valence-corrected chi connectivity index (χ3v) is 6.03. The van der Waals surface area contributed by atoms with Crippen molar-refractivity contribution in [3.63, 3.8) is 0 Å².